The number of likely N-dealkylation sites (tertiary alicyclic amines) is 1. The zero-order valence-corrected chi connectivity index (χ0v) is 14.3. The van der Waals surface area contributed by atoms with Crippen LogP contribution >= 0.6 is 0 Å². The largest absolute Gasteiger partial charge is 0.298 e. The summed E-state index contributed by atoms with van der Waals surface area (Å²) >= 11 is 0. The Morgan fingerprint density at radius 3 is 2.92 bits per heavy atom. The van der Waals surface area contributed by atoms with Gasteiger partial charge in [-0.2, -0.15) is 5.10 Å². The van der Waals surface area contributed by atoms with Gasteiger partial charge in [-0.05, 0) is 47.7 Å². The minimum absolute atomic E-state index is 0.589. The summed E-state index contributed by atoms with van der Waals surface area (Å²) in [5.74, 6) is 0.589. The van der Waals surface area contributed by atoms with Crippen LogP contribution in [0.5, 0.6) is 0 Å². The van der Waals surface area contributed by atoms with Gasteiger partial charge in [-0.25, -0.2) is 0 Å². The van der Waals surface area contributed by atoms with Crippen LogP contribution in [0.15, 0.2) is 48.7 Å². The third-order valence-corrected chi connectivity index (χ3v) is 5.32. The molecule has 2 aromatic carbocycles. The highest BCUT2D eigenvalue weighted by atomic mass is 15.1. The van der Waals surface area contributed by atoms with E-state index in [1.54, 1.807) is 0 Å². The van der Waals surface area contributed by atoms with Gasteiger partial charge in [-0.15, -0.1) is 0 Å². The Morgan fingerprint density at radius 1 is 1.12 bits per heavy atom. The van der Waals surface area contributed by atoms with E-state index in [-0.39, 0.29) is 0 Å². The van der Waals surface area contributed by atoms with Crippen molar-refractivity contribution in [3.05, 3.63) is 65.5 Å². The van der Waals surface area contributed by atoms with Crippen molar-refractivity contribution in [1.29, 1.82) is 0 Å². The molecule has 0 radical (unpaired) electrons. The molecule has 3 nitrogen and oxygen atoms in total. The maximum absolute atomic E-state index is 4.27. The lowest BCUT2D eigenvalue weighted by molar-refractivity contribution is 0.198. The van der Waals surface area contributed by atoms with Crippen molar-refractivity contribution >= 4 is 10.8 Å². The molecule has 1 aliphatic heterocycles. The lowest BCUT2D eigenvalue weighted by atomic mass is 9.91. The van der Waals surface area contributed by atoms with Crippen molar-refractivity contribution < 1.29 is 0 Å². The van der Waals surface area contributed by atoms with Gasteiger partial charge < -0.3 is 0 Å². The number of rotatable bonds is 4. The normalized spacial score (nSPS) is 19.0. The van der Waals surface area contributed by atoms with E-state index in [0.29, 0.717) is 5.92 Å². The van der Waals surface area contributed by atoms with Gasteiger partial charge in [0.2, 0.25) is 0 Å². The number of aromatic amines is 1. The summed E-state index contributed by atoms with van der Waals surface area (Å²) in [6.45, 7) is 5.56. The first-order chi connectivity index (χ1) is 11.8. The molecular formula is C21H25N3. The SMILES string of the molecule is CCc1cn[nH]c1C1CCCN(Cc2cccc3ccccc23)C1. The van der Waals surface area contributed by atoms with Crippen LogP contribution in [0.3, 0.4) is 0 Å². The molecule has 3 aromatic rings. The third kappa shape index (κ3) is 2.96. The minimum atomic E-state index is 0.589. The number of hydrogen-bond acceptors (Lipinski definition) is 2. The van der Waals surface area contributed by atoms with E-state index >= 15 is 0 Å². The summed E-state index contributed by atoms with van der Waals surface area (Å²) in [6.07, 6.45) is 5.59. The monoisotopic (exact) mass is 319 g/mol. The van der Waals surface area contributed by atoms with E-state index in [1.807, 2.05) is 6.20 Å². The Hall–Kier alpha value is -2.13. The predicted molar refractivity (Wildman–Crippen MR) is 99.2 cm³/mol. The van der Waals surface area contributed by atoms with Crippen molar-refractivity contribution in [1.82, 2.24) is 15.1 Å². The maximum atomic E-state index is 4.27. The summed E-state index contributed by atoms with van der Waals surface area (Å²) in [5, 5.41) is 10.3. The number of fused-ring (bicyclic) bond motifs is 1. The highest BCUT2D eigenvalue weighted by Crippen LogP contribution is 2.29. The van der Waals surface area contributed by atoms with Crippen LogP contribution in [0, 0.1) is 0 Å². The van der Waals surface area contributed by atoms with Crippen LogP contribution in [-0.2, 0) is 13.0 Å². The Bertz CT molecular complexity index is 815. The zero-order valence-electron chi connectivity index (χ0n) is 14.3. The number of piperidine rings is 1. The molecule has 0 amide bonds. The van der Waals surface area contributed by atoms with E-state index in [0.717, 1.165) is 19.5 Å². The minimum Gasteiger partial charge on any atom is -0.298 e. The van der Waals surface area contributed by atoms with Crippen molar-refractivity contribution in [3.63, 3.8) is 0 Å². The van der Waals surface area contributed by atoms with Gasteiger partial charge in [0, 0.05) is 24.7 Å². The second-order valence-corrected chi connectivity index (χ2v) is 6.88. The van der Waals surface area contributed by atoms with Gasteiger partial charge in [0.25, 0.3) is 0 Å². The van der Waals surface area contributed by atoms with Gasteiger partial charge in [0.15, 0.2) is 0 Å². The molecule has 0 bridgehead atoms. The van der Waals surface area contributed by atoms with E-state index < -0.39 is 0 Å². The van der Waals surface area contributed by atoms with Gasteiger partial charge in [0.05, 0.1) is 6.20 Å². The number of nitrogens with one attached hydrogen (secondary N) is 1. The zero-order chi connectivity index (χ0) is 16.4. The summed E-state index contributed by atoms with van der Waals surface area (Å²) < 4.78 is 0. The standard InChI is InChI=1S/C21H25N3/c1-2-16-13-22-23-21(16)19-10-6-12-24(15-19)14-18-9-5-8-17-7-3-4-11-20(17)18/h3-5,7-9,11,13,19H,2,6,10,12,14-15H2,1H3,(H,22,23). The van der Waals surface area contributed by atoms with Crippen LogP contribution < -0.4 is 0 Å². The first kappa shape index (κ1) is 15.4. The van der Waals surface area contributed by atoms with Crippen LogP contribution in [0.4, 0.5) is 0 Å². The van der Waals surface area contributed by atoms with Crippen LogP contribution in [-0.4, -0.2) is 28.2 Å². The average molecular weight is 319 g/mol. The Morgan fingerprint density at radius 2 is 2.00 bits per heavy atom. The molecular weight excluding hydrogens is 294 g/mol. The fraction of sp³-hybridized carbons (Fsp3) is 0.381. The van der Waals surface area contributed by atoms with E-state index in [1.165, 1.54) is 47.0 Å². The van der Waals surface area contributed by atoms with Crippen molar-refractivity contribution in [2.24, 2.45) is 0 Å². The van der Waals surface area contributed by atoms with Crippen LogP contribution in [0.1, 0.15) is 42.5 Å². The van der Waals surface area contributed by atoms with Crippen molar-refractivity contribution in [3.8, 4) is 0 Å². The molecule has 1 aromatic heterocycles. The summed E-state index contributed by atoms with van der Waals surface area (Å²) in [7, 11) is 0. The first-order valence-electron chi connectivity index (χ1n) is 9.06. The second kappa shape index (κ2) is 6.78. The molecule has 1 fully saturated rings. The Labute approximate surface area is 143 Å². The second-order valence-electron chi connectivity index (χ2n) is 6.88. The summed E-state index contributed by atoms with van der Waals surface area (Å²) in [4.78, 5) is 2.61. The molecule has 0 aliphatic carbocycles. The average Bonchev–Trinajstić information content (AvgIpc) is 3.11. The maximum Gasteiger partial charge on any atom is 0.0522 e. The molecule has 1 N–H and O–H groups in total. The van der Waals surface area contributed by atoms with Gasteiger partial charge >= 0.3 is 0 Å². The van der Waals surface area contributed by atoms with Crippen molar-refractivity contribution in [2.45, 2.75) is 38.6 Å². The molecule has 1 atom stereocenters. The lowest BCUT2D eigenvalue weighted by Crippen LogP contribution is -2.34. The van der Waals surface area contributed by atoms with Gasteiger partial charge in [-0.1, -0.05) is 49.4 Å². The number of aryl methyl sites for hydroxylation is 1. The molecule has 0 saturated carbocycles. The van der Waals surface area contributed by atoms with E-state index in [9.17, 15) is 0 Å². The Balaban J connectivity index is 1.54. The quantitative estimate of drug-likeness (QED) is 0.767. The summed E-state index contributed by atoms with van der Waals surface area (Å²) in [5.41, 5.74) is 4.18. The molecule has 1 saturated heterocycles. The molecule has 124 valence electrons. The van der Waals surface area contributed by atoms with Crippen molar-refractivity contribution in [2.75, 3.05) is 13.1 Å². The molecule has 2 heterocycles. The predicted octanol–water partition coefficient (Wildman–Crippen LogP) is 4.50. The van der Waals surface area contributed by atoms with Crippen LogP contribution in [0.2, 0.25) is 0 Å². The number of benzene rings is 2. The molecule has 24 heavy (non-hydrogen) atoms. The highest BCUT2D eigenvalue weighted by molar-refractivity contribution is 5.85. The fourth-order valence-electron chi connectivity index (χ4n) is 4.06. The number of aromatic nitrogens is 2. The molecule has 1 unspecified atom stereocenters. The van der Waals surface area contributed by atoms with Gasteiger partial charge in [-0.3, -0.25) is 10.00 Å². The Kier molecular flexibility index (Phi) is 4.35. The molecule has 3 heteroatoms. The number of hydrogen-bond donors (Lipinski definition) is 1. The number of H-pyrrole nitrogens is 1. The van der Waals surface area contributed by atoms with Crippen LogP contribution in [0.25, 0.3) is 10.8 Å². The first-order valence-corrected chi connectivity index (χ1v) is 9.06. The highest BCUT2D eigenvalue weighted by Gasteiger charge is 2.24. The van der Waals surface area contributed by atoms with E-state index in [4.69, 9.17) is 0 Å². The smallest absolute Gasteiger partial charge is 0.0522 e. The lowest BCUT2D eigenvalue weighted by Gasteiger charge is -2.33. The third-order valence-electron chi connectivity index (χ3n) is 5.32. The fourth-order valence-corrected chi connectivity index (χ4v) is 4.06. The number of nitrogens with zero attached hydrogens (tertiary/aromatic N) is 2. The molecule has 0 spiro atoms. The topological polar surface area (TPSA) is 31.9 Å². The van der Waals surface area contributed by atoms with Gasteiger partial charge in [0.1, 0.15) is 0 Å². The molecule has 4 rings (SSSR count). The molecule has 1 aliphatic rings. The van der Waals surface area contributed by atoms with E-state index in [2.05, 4.69) is 64.5 Å². The summed E-state index contributed by atoms with van der Waals surface area (Å²) in [6, 6.07) is 15.4.